The van der Waals surface area contributed by atoms with Crippen molar-refractivity contribution >= 4 is 18.1 Å². The Bertz CT molecular complexity index is 1440. The molecule has 0 aliphatic heterocycles. The van der Waals surface area contributed by atoms with Crippen molar-refractivity contribution in [3.8, 4) is 11.4 Å². The van der Waals surface area contributed by atoms with E-state index in [2.05, 4.69) is 27.2 Å². The van der Waals surface area contributed by atoms with E-state index in [-0.39, 0.29) is 11.5 Å². The van der Waals surface area contributed by atoms with Crippen LogP contribution in [0.15, 0.2) is 65.8 Å². The van der Waals surface area contributed by atoms with Gasteiger partial charge in [-0.3, -0.25) is 4.79 Å². The molecule has 7 heteroatoms. The van der Waals surface area contributed by atoms with Crippen LogP contribution in [0.3, 0.4) is 0 Å². The number of rotatable bonds is 6. The second-order valence-corrected chi connectivity index (χ2v) is 8.67. The Kier molecular flexibility index (Phi) is 6.42. The summed E-state index contributed by atoms with van der Waals surface area (Å²) in [5.74, 6) is -1.24. The maximum atomic E-state index is 12.6. The average molecular weight is 469 g/mol. The van der Waals surface area contributed by atoms with Gasteiger partial charge in [-0.15, -0.1) is 0 Å². The number of hydrogen-bond acceptors (Lipinski definition) is 3. The summed E-state index contributed by atoms with van der Waals surface area (Å²) in [6.45, 7) is 9.92. The van der Waals surface area contributed by atoms with Crippen LogP contribution in [-0.2, 0) is 0 Å². The fourth-order valence-electron chi connectivity index (χ4n) is 4.39. The Hall–Kier alpha value is -4.39. The van der Waals surface area contributed by atoms with Crippen LogP contribution in [0.4, 0.5) is 0 Å². The van der Waals surface area contributed by atoms with Gasteiger partial charge in [-0.25, -0.2) is 10.2 Å². The number of nitrogens with zero attached hydrogens (tertiary/aromatic N) is 3. The number of carboxylic acids is 1. The van der Waals surface area contributed by atoms with Crippen molar-refractivity contribution < 1.29 is 14.7 Å². The predicted octanol–water partition coefficient (Wildman–Crippen LogP) is 5.27. The first-order valence-electron chi connectivity index (χ1n) is 11.3. The van der Waals surface area contributed by atoms with E-state index in [0.717, 1.165) is 45.3 Å². The van der Waals surface area contributed by atoms with Gasteiger partial charge in [0, 0.05) is 45.3 Å². The van der Waals surface area contributed by atoms with Crippen LogP contribution in [0.1, 0.15) is 54.6 Å². The van der Waals surface area contributed by atoms with Crippen LogP contribution in [0.2, 0.25) is 0 Å². The van der Waals surface area contributed by atoms with Crippen molar-refractivity contribution in [2.75, 3.05) is 0 Å². The van der Waals surface area contributed by atoms with Crippen LogP contribution in [0, 0.1) is 34.6 Å². The molecule has 2 N–H and O–H groups in total. The van der Waals surface area contributed by atoms with Crippen molar-refractivity contribution in [3.63, 3.8) is 0 Å². The number of carbonyl (C=O) groups excluding carboxylic acids is 1. The molecule has 178 valence electrons. The lowest BCUT2D eigenvalue weighted by Crippen LogP contribution is -2.17. The maximum Gasteiger partial charge on any atom is 0.335 e. The fourth-order valence-corrected chi connectivity index (χ4v) is 4.39. The van der Waals surface area contributed by atoms with E-state index in [0.29, 0.717) is 5.56 Å². The van der Waals surface area contributed by atoms with Gasteiger partial charge in [0.2, 0.25) is 0 Å². The molecule has 0 saturated heterocycles. The van der Waals surface area contributed by atoms with Gasteiger partial charge in [0.15, 0.2) is 0 Å². The molecule has 4 aromatic rings. The number of aryl methyl sites for hydroxylation is 4. The molecule has 4 rings (SSSR count). The summed E-state index contributed by atoms with van der Waals surface area (Å²) >= 11 is 0. The van der Waals surface area contributed by atoms with Crippen LogP contribution >= 0.6 is 0 Å². The van der Waals surface area contributed by atoms with Crippen molar-refractivity contribution in [2.24, 2.45) is 5.10 Å². The number of hydrogen-bond donors (Lipinski definition) is 2. The predicted molar refractivity (Wildman–Crippen MR) is 137 cm³/mol. The Morgan fingerprint density at radius 2 is 1.43 bits per heavy atom. The Labute approximate surface area is 204 Å². The first-order valence-corrected chi connectivity index (χ1v) is 11.3. The van der Waals surface area contributed by atoms with Crippen LogP contribution in [0.5, 0.6) is 0 Å². The third-order valence-electron chi connectivity index (χ3n) is 6.18. The summed E-state index contributed by atoms with van der Waals surface area (Å²) in [4.78, 5) is 23.8. The highest BCUT2D eigenvalue weighted by Crippen LogP contribution is 2.23. The Morgan fingerprint density at radius 1 is 0.800 bits per heavy atom. The summed E-state index contributed by atoms with van der Waals surface area (Å²) in [6.07, 6.45) is 1.62. The molecule has 0 aliphatic carbocycles. The molecular formula is C28H28N4O3. The van der Waals surface area contributed by atoms with E-state index in [1.165, 1.54) is 0 Å². The van der Waals surface area contributed by atoms with Crippen LogP contribution < -0.4 is 5.43 Å². The average Bonchev–Trinajstić information content (AvgIpc) is 3.30. The largest absolute Gasteiger partial charge is 0.478 e. The normalized spacial score (nSPS) is 11.2. The second kappa shape index (κ2) is 9.46. The summed E-state index contributed by atoms with van der Waals surface area (Å²) in [5, 5.41) is 13.4. The molecule has 0 aliphatic rings. The van der Waals surface area contributed by atoms with E-state index in [9.17, 15) is 14.7 Å². The minimum Gasteiger partial charge on any atom is -0.478 e. The summed E-state index contributed by atoms with van der Waals surface area (Å²) in [6, 6.07) is 18.6. The molecular weight excluding hydrogens is 440 g/mol. The zero-order valence-corrected chi connectivity index (χ0v) is 20.5. The van der Waals surface area contributed by atoms with Gasteiger partial charge in [0.1, 0.15) is 0 Å². The smallest absolute Gasteiger partial charge is 0.335 e. The lowest BCUT2D eigenvalue weighted by atomic mass is 10.1. The van der Waals surface area contributed by atoms with Crippen molar-refractivity contribution in [1.29, 1.82) is 0 Å². The number of aromatic nitrogens is 2. The quantitative estimate of drug-likeness (QED) is 0.298. The van der Waals surface area contributed by atoms with Crippen LogP contribution in [0.25, 0.3) is 11.4 Å². The number of carbonyl (C=O) groups is 2. The van der Waals surface area contributed by atoms with E-state index < -0.39 is 5.97 Å². The highest BCUT2D eigenvalue weighted by molar-refractivity contribution is 5.95. The summed E-state index contributed by atoms with van der Waals surface area (Å²) < 4.78 is 4.18. The molecule has 0 fully saturated rings. The zero-order valence-electron chi connectivity index (χ0n) is 20.5. The molecule has 0 spiro atoms. The highest BCUT2D eigenvalue weighted by Gasteiger charge is 2.13. The second-order valence-electron chi connectivity index (χ2n) is 8.67. The topological polar surface area (TPSA) is 88.6 Å². The number of amides is 1. The first kappa shape index (κ1) is 23.8. The number of nitrogens with one attached hydrogen (secondary N) is 1. The third kappa shape index (κ3) is 4.66. The maximum absolute atomic E-state index is 12.6. The minimum atomic E-state index is -0.950. The van der Waals surface area contributed by atoms with Crippen LogP contribution in [-0.4, -0.2) is 32.3 Å². The van der Waals surface area contributed by atoms with Gasteiger partial charge in [0.05, 0.1) is 11.8 Å². The minimum absolute atomic E-state index is 0.255. The molecule has 0 radical (unpaired) electrons. The number of benzene rings is 2. The van der Waals surface area contributed by atoms with E-state index in [1.54, 1.807) is 30.5 Å². The Morgan fingerprint density at radius 3 is 2.03 bits per heavy atom. The third-order valence-corrected chi connectivity index (χ3v) is 6.18. The van der Waals surface area contributed by atoms with Gasteiger partial charge in [-0.05, 0) is 101 Å². The monoisotopic (exact) mass is 468 g/mol. The highest BCUT2D eigenvalue weighted by atomic mass is 16.4. The molecule has 7 nitrogen and oxygen atoms in total. The number of hydrazone groups is 1. The van der Waals surface area contributed by atoms with Gasteiger partial charge < -0.3 is 14.2 Å². The van der Waals surface area contributed by atoms with Gasteiger partial charge in [0.25, 0.3) is 5.91 Å². The standard InChI is InChI=1S/C28H28N4O3/c1-17-14-23(28(34)35)10-13-26(17)32-20(4)15-24(21(32)5)16-29-30-27(33)22-8-11-25(12-9-22)31-18(2)6-7-19(31)3/h6-16H,1-5H3,(H,30,33)(H,34,35)/b29-16-. The molecule has 2 heterocycles. The molecule has 0 unspecified atom stereocenters. The summed E-state index contributed by atoms with van der Waals surface area (Å²) in [7, 11) is 0. The van der Waals surface area contributed by atoms with E-state index >= 15 is 0 Å². The van der Waals surface area contributed by atoms with Crippen molar-refractivity contribution in [1.82, 2.24) is 14.6 Å². The van der Waals surface area contributed by atoms with E-state index in [1.807, 2.05) is 63.5 Å². The van der Waals surface area contributed by atoms with Gasteiger partial charge in [-0.1, -0.05) is 0 Å². The SMILES string of the molecule is Cc1cc(C(=O)O)ccc1-n1c(C)cc(/C=N\NC(=O)c2ccc(-n3c(C)ccc3C)cc2)c1C. The molecule has 0 bridgehead atoms. The number of carboxylic acid groups (broad SMARTS) is 1. The molecule has 2 aromatic heterocycles. The molecule has 0 saturated carbocycles. The molecule has 1 amide bonds. The van der Waals surface area contributed by atoms with Gasteiger partial charge in [-0.2, -0.15) is 5.10 Å². The lowest BCUT2D eigenvalue weighted by Gasteiger charge is -2.13. The summed E-state index contributed by atoms with van der Waals surface area (Å²) in [5.41, 5.74) is 11.2. The Balaban J connectivity index is 1.49. The first-order chi connectivity index (χ1) is 16.7. The lowest BCUT2D eigenvalue weighted by molar-refractivity contribution is 0.0696. The van der Waals surface area contributed by atoms with Gasteiger partial charge >= 0.3 is 5.97 Å². The zero-order chi connectivity index (χ0) is 25.3. The fraction of sp³-hybridized carbons (Fsp3) is 0.179. The van der Waals surface area contributed by atoms with E-state index in [4.69, 9.17) is 0 Å². The molecule has 0 atom stereocenters. The van der Waals surface area contributed by atoms with Crippen molar-refractivity contribution in [3.05, 3.63) is 106 Å². The van der Waals surface area contributed by atoms with Crippen molar-refractivity contribution in [2.45, 2.75) is 34.6 Å². The molecule has 35 heavy (non-hydrogen) atoms. The molecule has 2 aromatic carbocycles. The number of aromatic carboxylic acids is 1.